The van der Waals surface area contributed by atoms with E-state index in [0.29, 0.717) is 5.82 Å². The first-order valence-corrected chi connectivity index (χ1v) is 6.10. The molecule has 0 amide bonds. The number of aromatic amines is 1. The zero-order valence-electron chi connectivity index (χ0n) is 8.84. The Morgan fingerprint density at radius 1 is 1.38 bits per heavy atom. The van der Waals surface area contributed by atoms with Crippen molar-refractivity contribution in [1.82, 2.24) is 9.97 Å². The third-order valence-corrected chi connectivity index (χ3v) is 3.11. The molecule has 1 aromatic heterocycles. The molecule has 0 spiro atoms. The molecule has 3 nitrogen and oxygen atoms in total. The van der Waals surface area contributed by atoms with Gasteiger partial charge in [-0.3, -0.25) is 0 Å². The van der Waals surface area contributed by atoms with Gasteiger partial charge in [-0.1, -0.05) is 12.1 Å². The maximum absolute atomic E-state index is 9.16. The lowest BCUT2D eigenvalue weighted by atomic mass is 10.0. The molecule has 80 valence electrons. The first-order valence-electron chi connectivity index (χ1n) is 4.88. The predicted octanol–water partition coefficient (Wildman–Crippen LogP) is 2.79. The minimum atomic E-state index is -0.314. The largest absolute Gasteiger partial charge is 0.347 e. The smallest absolute Gasteiger partial charge is 0.129 e. The van der Waals surface area contributed by atoms with Crippen molar-refractivity contribution in [2.45, 2.75) is 10.8 Å². The molecule has 2 rings (SSSR count). The van der Waals surface area contributed by atoms with Gasteiger partial charge in [0.25, 0.3) is 0 Å². The number of benzene rings is 1. The van der Waals surface area contributed by atoms with Crippen molar-refractivity contribution in [3.8, 4) is 6.07 Å². The molecule has 0 fully saturated rings. The van der Waals surface area contributed by atoms with Gasteiger partial charge >= 0.3 is 0 Å². The fourth-order valence-corrected chi connectivity index (χ4v) is 1.93. The molecule has 0 bridgehead atoms. The van der Waals surface area contributed by atoms with Crippen molar-refractivity contribution in [2.75, 3.05) is 6.26 Å². The van der Waals surface area contributed by atoms with Gasteiger partial charge in [0.2, 0.25) is 0 Å². The molecule has 1 N–H and O–H groups in total. The summed E-state index contributed by atoms with van der Waals surface area (Å²) >= 11 is 1.69. The second-order valence-electron chi connectivity index (χ2n) is 3.31. The zero-order chi connectivity index (χ0) is 11.4. The van der Waals surface area contributed by atoms with Crippen LogP contribution in [0, 0.1) is 11.3 Å². The van der Waals surface area contributed by atoms with Crippen LogP contribution in [0.3, 0.4) is 0 Å². The highest BCUT2D eigenvalue weighted by Crippen LogP contribution is 2.23. The Balaban J connectivity index is 2.31. The molecule has 0 aliphatic carbocycles. The molecule has 1 unspecified atom stereocenters. The van der Waals surface area contributed by atoms with Crippen LogP contribution in [-0.4, -0.2) is 16.2 Å². The van der Waals surface area contributed by atoms with E-state index in [1.54, 1.807) is 24.2 Å². The lowest BCUT2D eigenvalue weighted by molar-refractivity contribution is 0.925. The monoisotopic (exact) mass is 229 g/mol. The molecule has 0 radical (unpaired) electrons. The fraction of sp³-hybridized carbons (Fsp3) is 0.167. The van der Waals surface area contributed by atoms with Crippen LogP contribution in [0.5, 0.6) is 0 Å². The van der Waals surface area contributed by atoms with E-state index in [-0.39, 0.29) is 5.92 Å². The Morgan fingerprint density at radius 2 is 2.12 bits per heavy atom. The summed E-state index contributed by atoms with van der Waals surface area (Å²) in [4.78, 5) is 8.29. The first-order chi connectivity index (χ1) is 7.85. The normalized spacial score (nSPS) is 12.0. The van der Waals surface area contributed by atoms with Gasteiger partial charge in [-0.05, 0) is 24.0 Å². The lowest BCUT2D eigenvalue weighted by Crippen LogP contribution is -2.00. The number of nitriles is 1. The molecule has 0 saturated heterocycles. The minimum Gasteiger partial charge on any atom is -0.347 e. The molecule has 1 atom stereocenters. The van der Waals surface area contributed by atoms with Crippen molar-refractivity contribution >= 4 is 11.8 Å². The molecule has 0 saturated carbocycles. The molecular formula is C12H11N3S. The van der Waals surface area contributed by atoms with Gasteiger partial charge in [-0.15, -0.1) is 11.8 Å². The number of H-pyrrole nitrogens is 1. The number of nitrogens with one attached hydrogen (secondary N) is 1. The van der Waals surface area contributed by atoms with Crippen molar-refractivity contribution < 1.29 is 0 Å². The van der Waals surface area contributed by atoms with Crippen molar-refractivity contribution in [3.63, 3.8) is 0 Å². The Morgan fingerprint density at radius 3 is 2.62 bits per heavy atom. The molecule has 1 heterocycles. The summed E-state index contributed by atoms with van der Waals surface area (Å²) in [5.74, 6) is 0.380. The molecule has 0 aliphatic heterocycles. The predicted molar refractivity (Wildman–Crippen MR) is 64.3 cm³/mol. The summed E-state index contributed by atoms with van der Waals surface area (Å²) < 4.78 is 0. The third-order valence-electron chi connectivity index (χ3n) is 2.37. The van der Waals surface area contributed by atoms with E-state index < -0.39 is 0 Å². The highest BCUT2D eigenvalue weighted by atomic mass is 32.2. The summed E-state index contributed by atoms with van der Waals surface area (Å²) in [6, 6.07) is 10.2. The zero-order valence-corrected chi connectivity index (χ0v) is 9.66. The van der Waals surface area contributed by atoms with E-state index in [4.69, 9.17) is 5.26 Å². The van der Waals surface area contributed by atoms with Crippen LogP contribution >= 0.6 is 11.8 Å². The van der Waals surface area contributed by atoms with E-state index in [2.05, 4.69) is 16.0 Å². The van der Waals surface area contributed by atoms with Gasteiger partial charge < -0.3 is 4.98 Å². The van der Waals surface area contributed by atoms with Crippen molar-refractivity contribution in [3.05, 3.63) is 48.0 Å². The van der Waals surface area contributed by atoms with Crippen LogP contribution < -0.4 is 0 Å². The van der Waals surface area contributed by atoms with Crippen molar-refractivity contribution in [1.29, 1.82) is 5.26 Å². The number of hydrogen-bond donors (Lipinski definition) is 1. The number of imidazole rings is 1. The van der Waals surface area contributed by atoms with Crippen LogP contribution in [0.25, 0.3) is 0 Å². The van der Waals surface area contributed by atoms with E-state index in [1.165, 1.54) is 4.90 Å². The summed E-state index contributed by atoms with van der Waals surface area (Å²) in [5.41, 5.74) is 0.968. The number of hydrogen-bond acceptors (Lipinski definition) is 3. The van der Waals surface area contributed by atoms with Gasteiger partial charge in [0.05, 0.1) is 6.07 Å². The number of thioether (sulfide) groups is 1. The van der Waals surface area contributed by atoms with Crippen LogP contribution in [0.2, 0.25) is 0 Å². The molecule has 0 aliphatic rings. The number of nitrogens with zero attached hydrogens (tertiary/aromatic N) is 2. The lowest BCUT2D eigenvalue weighted by Gasteiger charge is -2.06. The van der Waals surface area contributed by atoms with E-state index in [1.807, 2.05) is 30.5 Å². The van der Waals surface area contributed by atoms with Gasteiger partial charge in [0, 0.05) is 17.3 Å². The van der Waals surface area contributed by atoms with Gasteiger partial charge in [0.1, 0.15) is 11.7 Å². The van der Waals surface area contributed by atoms with E-state index in [9.17, 15) is 0 Å². The Kier molecular flexibility index (Phi) is 3.28. The second-order valence-corrected chi connectivity index (χ2v) is 4.19. The molecule has 2 aromatic rings. The molecule has 4 heteroatoms. The number of rotatable bonds is 3. The SMILES string of the molecule is CSc1ccc(C(C#N)c2ncc[nH]2)cc1. The summed E-state index contributed by atoms with van der Waals surface area (Å²) in [7, 11) is 0. The maximum Gasteiger partial charge on any atom is 0.129 e. The van der Waals surface area contributed by atoms with Crippen LogP contribution in [0.1, 0.15) is 17.3 Å². The third kappa shape index (κ3) is 2.10. The highest BCUT2D eigenvalue weighted by molar-refractivity contribution is 7.98. The maximum atomic E-state index is 9.16. The van der Waals surface area contributed by atoms with Crippen molar-refractivity contribution in [2.24, 2.45) is 0 Å². The van der Waals surface area contributed by atoms with E-state index in [0.717, 1.165) is 5.56 Å². The quantitative estimate of drug-likeness (QED) is 0.823. The topological polar surface area (TPSA) is 52.5 Å². The van der Waals surface area contributed by atoms with Crippen LogP contribution in [-0.2, 0) is 0 Å². The van der Waals surface area contributed by atoms with Gasteiger partial charge in [-0.25, -0.2) is 4.98 Å². The average molecular weight is 229 g/mol. The fourth-order valence-electron chi connectivity index (χ4n) is 1.53. The van der Waals surface area contributed by atoms with Gasteiger partial charge in [-0.2, -0.15) is 5.26 Å². The summed E-state index contributed by atoms with van der Waals surface area (Å²) in [6.07, 6.45) is 5.43. The Hall–Kier alpha value is -1.73. The molecule has 16 heavy (non-hydrogen) atoms. The second kappa shape index (κ2) is 4.86. The summed E-state index contributed by atoms with van der Waals surface area (Å²) in [5, 5.41) is 9.16. The Labute approximate surface area is 98.5 Å². The average Bonchev–Trinajstić information content (AvgIpc) is 2.85. The molecular weight excluding hydrogens is 218 g/mol. The van der Waals surface area contributed by atoms with Crippen LogP contribution in [0.4, 0.5) is 0 Å². The minimum absolute atomic E-state index is 0.314. The number of aromatic nitrogens is 2. The molecule has 1 aromatic carbocycles. The van der Waals surface area contributed by atoms with Gasteiger partial charge in [0.15, 0.2) is 0 Å². The van der Waals surface area contributed by atoms with E-state index >= 15 is 0 Å². The summed E-state index contributed by atoms with van der Waals surface area (Å²) in [6.45, 7) is 0. The van der Waals surface area contributed by atoms with Crippen LogP contribution in [0.15, 0.2) is 41.6 Å². The first kappa shape index (κ1) is 10.8. The Bertz CT molecular complexity index is 482. The standard InChI is InChI=1S/C12H11N3S/c1-16-10-4-2-9(3-5-10)11(8-13)12-14-6-7-15-12/h2-7,11H,1H3,(H,14,15). The highest BCUT2D eigenvalue weighted by Gasteiger charge is 2.15.